The molecule has 0 spiro atoms. The van der Waals surface area contributed by atoms with Gasteiger partial charge >= 0.3 is 0 Å². The Morgan fingerprint density at radius 3 is 2.08 bits per heavy atom. The molecule has 0 saturated carbocycles. The predicted octanol–water partition coefficient (Wildman–Crippen LogP) is 4.96. The SMILES string of the molecule is CC(C)Nc1cc(-c2ccc(CCN[C@@H](C)[C@H](O)c3ccccc3)cc2)ccc1C(=O)NS(C)(=O)=O.Cl.Cl. The quantitative estimate of drug-likeness (QED) is 0.255. The minimum Gasteiger partial charge on any atom is -0.387 e. The van der Waals surface area contributed by atoms with Crippen LogP contribution in [-0.4, -0.2) is 44.3 Å². The van der Waals surface area contributed by atoms with Crippen molar-refractivity contribution in [2.24, 2.45) is 0 Å². The maximum Gasteiger partial charge on any atom is 0.266 e. The second-order valence-corrected chi connectivity index (χ2v) is 11.1. The van der Waals surface area contributed by atoms with Gasteiger partial charge in [0.15, 0.2) is 0 Å². The van der Waals surface area contributed by atoms with Crippen molar-refractivity contribution in [1.82, 2.24) is 10.0 Å². The van der Waals surface area contributed by atoms with E-state index < -0.39 is 22.0 Å². The largest absolute Gasteiger partial charge is 0.387 e. The first-order valence-corrected chi connectivity index (χ1v) is 13.9. The van der Waals surface area contributed by atoms with Crippen LogP contribution in [0.25, 0.3) is 11.1 Å². The van der Waals surface area contributed by atoms with E-state index in [1.165, 1.54) is 0 Å². The standard InChI is InChI=1S/C28H35N3O4S.2ClH/c1-19(2)30-26-18-24(14-15-25(26)28(33)31-36(4,34)35)22-12-10-21(11-13-22)16-17-29-20(3)27(32)23-8-6-5-7-9-23;;/h5-15,18-20,27,29-30,32H,16-17H2,1-4H3,(H,31,33);2*1H/t20-,27-;;/m0../s1. The van der Waals surface area contributed by atoms with Crippen molar-refractivity contribution < 1.29 is 18.3 Å². The molecule has 4 N–H and O–H groups in total. The smallest absolute Gasteiger partial charge is 0.266 e. The topological polar surface area (TPSA) is 108 Å². The molecule has 10 heteroatoms. The van der Waals surface area contributed by atoms with Crippen LogP contribution in [0.15, 0.2) is 72.8 Å². The predicted molar refractivity (Wildman–Crippen MR) is 160 cm³/mol. The van der Waals surface area contributed by atoms with Crippen molar-refractivity contribution in [3.63, 3.8) is 0 Å². The molecule has 0 saturated heterocycles. The normalized spacial score (nSPS) is 12.6. The van der Waals surface area contributed by atoms with Gasteiger partial charge in [-0.1, -0.05) is 60.7 Å². The van der Waals surface area contributed by atoms with E-state index >= 15 is 0 Å². The summed E-state index contributed by atoms with van der Waals surface area (Å²) in [5, 5.41) is 17.1. The summed E-state index contributed by atoms with van der Waals surface area (Å²) in [6.07, 6.45) is 1.21. The number of hydrogen-bond acceptors (Lipinski definition) is 6. The highest BCUT2D eigenvalue weighted by Crippen LogP contribution is 2.27. The molecule has 7 nitrogen and oxygen atoms in total. The van der Waals surface area contributed by atoms with Crippen LogP contribution in [0.1, 0.15) is 48.4 Å². The first kappa shape index (κ1) is 33.4. The Bertz CT molecular complexity index is 1270. The van der Waals surface area contributed by atoms with Gasteiger partial charge in [-0.25, -0.2) is 13.1 Å². The number of halogens is 2. The number of amides is 1. The Morgan fingerprint density at radius 2 is 1.50 bits per heavy atom. The second-order valence-electron chi connectivity index (χ2n) is 9.31. The van der Waals surface area contributed by atoms with Crippen LogP contribution in [-0.2, 0) is 16.4 Å². The highest BCUT2D eigenvalue weighted by Gasteiger charge is 2.17. The molecule has 0 aliphatic heterocycles. The fraction of sp³-hybridized carbons (Fsp3) is 0.321. The molecule has 0 radical (unpaired) electrons. The third kappa shape index (κ3) is 9.93. The molecule has 0 aliphatic rings. The number of nitrogens with one attached hydrogen (secondary N) is 3. The first-order chi connectivity index (χ1) is 17.0. The van der Waals surface area contributed by atoms with E-state index in [0.29, 0.717) is 5.69 Å². The summed E-state index contributed by atoms with van der Waals surface area (Å²) in [4.78, 5) is 12.5. The lowest BCUT2D eigenvalue weighted by Crippen LogP contribution is -2.33. The van der Waals surface area contributed by atoms with Crippen molar-refractivity contribution in [2.45, 2.75) is 45.4 Å². The minimum atomic E-state index is -3.66. The van der Waals surface area contributed by atoms with Crippen molar-refractivity contribution in [3.8, 4) is 11.1 Å². The molecule has 3 aromatic carbocycles. The van der Waals surface area contributed by atoms with E-state index in [2.05, 4.69) is 22.8 Å². The zero-order valence-electron chi connectivity index (χ0n) is 22.0. The fourth-order valence-electron chi connectivity index (χ4n) is 3.93. The number of hydrogen-bond donors (Lipinski definition) is 4. The van der Waals surface area contributed by atoms with Gasteiger partial charge in [-0.05, 0) is 68.1 Å². The lowest BCUT2D eigenvalue weighted by molar-refractivity contribution is 0.0982. The molecule has 3 aromatic rings. The van der Waals surface area contributed by atoms with Crippen LogP contribution in [0.2, 0.25) is 0 Å². The number of aliphatic hydroxyl groups is 1. The van der Waals surface area contributed by atoms with Crippen LogP contribution in [0.5, 0.6) is 0 Å². The van der Waals surface area contributed by atoms with E-state index in [0.717, 1.165) is 41.5 Å². The molecule has 0 bridgehead atoms. The average Bonchev–Trinajstić information content (AvgIpc) is 2.83. The lowest BCUT2D eigenvalue weighted by Gasteiger charge is -2.20. The van der Waals surface area contributed by atoms with E-state index in [4.69, 9.17) is 0 Å². The van der Waals surface area contributed by atoms with Gasteiger partial charge in [0.05, 0.1) is 17.9 Å². The molecule has 38 heavy (non-hydrogen) atoms. The van der Waals surface area contributed by atoms with E-state index in [1.807, 2.05) is 80.1 Å². The Labute approximate surface area is 238 Å². The van der Waals surface area contributed by atoms with Crippen LogP contribution in [0.3, 0.4) is 0 Å². The van der Waals surface area contributed by atoms with Crippen molar-refractivity contribution in [3.05, 3.63) is 89.5 Å². The summed E-state index contributed by atoms with van der Waals surface area (Å²) in [5.41, 5.74) is 4.81. The molecule has 2 atom stereocenters. The molecular formula is C28H37Cl2N3O4S. The highest BCUT2D eigenvalue weighted by atomic mass is 35.5. The summed E-state index contributed by atoms with van der Waals surface area (Å²) < 4.78 is 25.1. The van der Waals surface area contributed by atoms with Crippen LogP contribution in [0, 0.1) is 0 Å². The Hall–Kier alpha value is -2.62. The van der Waals surface area contributed by atoms with Gasteiger partial charge in [0.2, 0.25) is 10.0 Å². The third-order valence-electron chi connectivity index (χ3n) is 5.77. The molecule has 208 valence electrons. The lowest BCUT2D eigenvalue weighted by atomic mass is 9.99. The monoisotopic (exact) mass is 581 g/mol. The zero-order chi connectivity index (χ0) is 26.3. The van der Waals surface area contributed by atoms with Crippen LogP contribution >= 0.6 is 24.8 Å². The van der Waals surface area contributed by atoms with Crippen molar-refractivity contribution in [2.75, 3.05) is 18.1 Å². The Kier molecular flexibility index (Phi) is 13.3. The highest BCUT2D eigenvalue weighted by molar-refractivity contribution is 7.89. The fourth-order valence-corrected chi connectivity index (χ4v) is 4.38. The summed E-state index contributed by atoms with van der Waals surface area (Å²) in [6.45, 7) is 6.61. The number of aliphatic hydroxyl groups excluding tert-OH is 1. The molecule has 3 rings (SSSR count). The molecule has 0 aromatic heterocycles. The van der Waals surface area contributed by atoms with Gasteiger partial charge < -0.3 is 15.7 Å². The van der Waals surface area contributed by atoms with Gasteiger partial charge in [-0.2, -0.15) is 0 Å². The van der Waals surface area contributed by atoms with Gasteiger partial charge in [-0.3, -0.25) is 4.79 Å². The van der Waals surface area contributed by atoms with Crippen LogP contribution < -0.4 is 15.4 Å². The second kappa shape index (κ2) is 15.1. The number of carbonyl (C=O) groups excluding carboxylic acids is 1. The average molecular weight is 583 g/mol. The number of carbonyl (C=O) groups is 1. The first-order valence-electron chi connectivity index (χ1n) is 12.0. The molecular weight excluding hydrogens is 545 g/mol. The molecule has 0 fully saturated rings. The van der Waals surface area contributed by atoms with Gasteiger partial charge in [0.1, 0.15) is 0 Å². The summed E-state index contributed by atoms with van der Waals surface area (Å²) in [6, 6.07) is 23.1. The third-order valence-corrected chi connectivity index (χ3v) is 6.32. The van der Waals surface area contributed by atoms with Gasteiger partial charge in [-0.15, -0.1) is 24.8 Å². The Balaban J connectivity index is 0.00000361. The molecule has 0 unspecified atom stereocenters. The van der Waals surface area contributed by atoms with Gasteiger partial charge in [0, 0.05) is 17.8 Å². The summed E-state index contributed by atoms with van der Waals surface area (Å²) in [5.74, 6) is -0.665. The number of anilines is 1. The maximum absolute atomic E-state index is 12.5. The summed E-state index contributed by atoms with van der Waals surface area (Å²) in [7, 11) is -3.66. The van der Waals surface area contributed by atoms with E-state index in [-0.39, 0.29) is 42.5 Å². The molecule has 0 heterocycles. The van der Waals surface area contributed by atoms with Crippen molar-refractivity contribution in [1.29, 1.82) is 0 Å². The van der Waals surface area contributed by atoms with Crippen LogP contribution in [0.4, 0.5) is 5.69 Å². The van der Waals surface area contributed by atoms with E-state index in [9.17, 15) is 18.3 Å². The number of benzene rings is 3. The minimum absolute atomic E-state index is 0. The molecule has 0 aliphatic carbocycles. The van der Waals surface area contributed by atoms with Gasteiger partial charge in [0.25, 0.3) is 5.91 Å². The number of sulfonamides is 1. The summed E-state index contributed by atoms with van der Waals surface area (Å²) >= 11 is 0. The Morgan fingerprint density at radius 1 is 0.895 bits per heavy atom. The maximum atomic E-state index is 12.5. The molecule has 1 amide bonds. The van der Waals surface area contributed by atoms with Crippen molar-refractivity contribution >= 4 is 46.4 Å². The van der Waals surface area contributed by atoms with E-state index in [1.54, 1.807) is 6.07 Å². The number of rotatable bonds is 11. The zero-order valence-corrected chi connectivity index (χ0v) is 24.4.